The molecule has 0 bridgehead atoms. The van der Waals surface area contributed by atoms with Crippen LogP contribution in [0.5, 0.6) is 11.5 Å². The zero-order valence-corrected chi connectivity index (χ0v) is 15.1. The maximum Gasteiger partial charge on any atom is 0.165 e. The van der Waals surface area contributed by atoms with E-state index >= 15 is 0 Å². The molecule has 0 aromatic heterocycles. The second kappa shape index (κ2) is 7.94. The van der Waals surface area contributed by atoms with Gasteiger partial charge in [-0.1, -0.05) is 31.4 Å². The van der Waals surface area contributed by atoms with Gasteiger partial charge < -0.3 is 19.5 Å². The summed E-state index contributed by atoms with van der Waals surface area (Å²) < 4.78 is 17.1. The average Bonchev–Trinajstić information content (AvgIpc) is 2.70. The Bertz CT molecular complexity index is 566. The maximum absolute atomic E-state index is 5.85. The quantitative estimate of drug-likeness (QED) is 0.888. The number of fused-ring (bicyclic) bond motifs is 1. The third kappa shape index (κ3) is 3.78. The van der Waals surface area contributed by atoms with E-state index in [9.17, 15) is 0 Å². The van der Waals surface area contributed by atoms with Crippen molar-refractivity contribution in [1.29, 1.82) is 0 Å². The smallest absolute Gasteiger partial charge is 0.165 e. The van der Waals surface area contributed by atoms with Gasteiger partial charge in [0, 0.05) is 37.3 Å². The SMILES string of the molecule is c1cc(CNCC2(N3CCOCC3)CCCCC2)c2c(c1)OCCO2. The summed E-state index contributed by atoms with van der Waals surface area (Å²) in [6.07, 6.45) is 6.66. The Hall–Kier alpha value is -1.30. The topological polar surface area (TPSA) is 43.0 Å². The molecular weight excluding hydrogens is 316 g/mol. The highest BCUT2D eigenvalue weighted by Gasteiger charge is 2.38. The second-order valence-corrected chi connectivity index (χ2v) is 7.43. The summed E-state index contributed by atoms with van der Waals surface area (Å²) in [7, 11) is 0. The van der Waals surface area contributed by atoms with Gasteiger partial charge in [-0.05, 0) is 18.9 Å². The molecule has 25 heavy (non-hydrogen) atoms. The third-order valence-electron chi connectivity index (χ3n) is 5.88. The molecule has 2 fully saturated rings. The van der Waals surface area contributed by atoms with Crippen LogP contribution in [-0.2, 0) is 11.3 Å². The number of rotatable bonds is 5. The lowest BCUT2D eigenvalue weighted by Crippen LogP contribution is -2.59. The van der Waals surface area contributed by atoms with E-state index in [1.165, 1.54) is 37.7 Å². The molecule has 2 heterocycles. The van der Waals surface area contributed by atoms with Crippen LogP contribution in [0.25, 0.3) is 0 Å². The highest BCUT2D eigenvalue weighted by molar-refractivity contribution is 5.47. The summed E-state index contributed by atoms with van der Waals surface area (Å²) in [4.78, 5) is 2.68. The van der Waals surface area contributed by atoms with Gasteiger partial charge in [0.15, 0.2) is 11.5 Å². The fourth-order valence-corrected chi connectivity index (χ4v) is 4.56. The van der Waals surface area contributed by atoms with Crippen molar-refractivity contribution in [1.82, 2.24) is 10.2 Å². The Balaban J connectivity index is 1.41. The molecule has 5 nitrogen and oxygen atoms in total. The van der Waals surface area contributed by atoms with Gasteiger partial charge in [0.05, 0.1) is 13.2 Å². The van der Waals surface area contributed by atoms with Crippen molar-refractivity contribution in [3.63, 3.8) is 0 Å². The van der Waals surface area contributed by atoms with Gasteiger partial charge in [-0.25, -0.2) is 0 Å². The fourth-order valence-electron chi connectivity index (χ4n) is 4.56. The lowest BCUT2D eigenvalue weighted by molar-refractivity contribution is -0.0369. The summed E-state index contributed by atoms with van der Waals surface area (Å²) >= 11 is 0. The van der Waals surface area contributed by atoms with Gasteiger partial charge in [0.1, 0.15) is 13.2 Å². The fraction of sp³-hybridized carbons (Fsp3) is 0.700. The summed E-state index contributed by atoms with van der Waals surface area (Å²) in [5.41, 5.74) is 1.50. The van der Waals surface area contributed by atoms with Crippen LogP contribution in [0.3, 0.4) is 0 Å². The molecule has 0 radical (unpaired) electrons. The largest absolute Gasteiger partial charge is 0.486 e. The van der Waals surface area contributed by atoms with Crippen molar-refractivity contribution >= 4 is 0 Å². The Morgan fingerprint density at radius 2 is 1.76 bits per heavy atom. The molecule has 1 aliphatic carbocycles. The molecule has 138 valence electrons. The third-order valence-corrected chi connectivity index (χ3v) is 5.88. The normalized spacial score (nSPS) is 23.4. The summed E-state index contributed by atoms with van der Waals surface area (Å²) in [6.45, 7) is 7.04. The zero-order chi connectivity index (χ0) is 17.0. The Morgan fingerprint density at radius 1 is 0.960 bits per heavy atom. The molecule has 5 heteroatoms. The van der Waals surface area contributed by atoms with Crippen LogP contribution >= 0.6 is 0 Å². The van der Waals surface area contributed by atoms with E-state index in [-0.39, 0.29) is 0 Å². The molecule has 1 aromatic rings. The summed E-state index contributed by atoms with van der Waals surface area (Å²) in [5, 5.41) is 3.74. The summed E-state index contributed by atoms with van der Waals surface area (Å²) in [5.74, 6) is 1.80. The minimum absolute atomic E-state index is 0.300. The van der Waals surface area contributed by atoms with Gasteiger partial charge in [-0.3, -0.25) is 4.90 Å². The van der Waals surface area contributed by atoms with Gasteiger partial charge in [-0.15, -0.1) is 0 Å². The number of nitrogens with zero attached hydrogens (tertiary/aromatic N) is 1. The van der Waals surface area contributed by atoms with E-state index < -0.39 is 0 Å². The molecule has 0 atom stereocenters. The van der Waals surface area contributed by atoms with E-state index in [1.807, 2.05) is 6.07 Å². The van der Waals surface area contributed by atoms with Gasteiger partial charge in [0.2, 0.25) is 0 Å². The standard InChI is InChI=1S/C20H30N2O3/c1-2-7-20(8-3-1,22-9-11-23-12-10-22)16-21-15-17-5-4-6-18-19(17)25-14-13-24-18/h4-6,21H,1-3,7-16H2. The number of ether oxygens (including phenoxy) is 3. The van der Waals surface area contributed by atoms with Crippen molar-refractivity contribution in [2.75, 3.05) is 46.1 Å². The van der Waals surface area contributed by atoms with Crippen LogP contribution < -0.4 is 14.8 Å². The van der Waals surface area contributed by atoms with E-state index in [4.69, 9.17) is 14.2 Å². The lowest BCUT2D eigenvalue weighted by atomic mass is 9.79. The molecule has 0 unspecified atom stereocenters. The van der Waals surface area contributed by atoms with Crippen molar-refractivity contribution < 1.29 is 14.2 Å². The first kappa shape index (κ1) is 17.1. The van der Waals surface area contributed by atoms with Crippen LogP contribution in [0, 0.1) is 0 Å². The number of hydrogen-bond acceptors (Lipinski definition) is 5. The molecule has 1 saturated carbocycles. The van der Waals surface area contributed by atoms with Crippen LogP contribution in [0.4, 0.5) is 0 Å². The van der Waals surface area contributed by atoms with Crippen molar-refractivity contribution in [2.45, 2.75) is 44.2 Å². The zero-order valence-electron chi connectivity index (χ0n) is 15.1. The minimum Gasteiger partial charge on any atom is -0.486 e. The van der Waals surface area contributed by atoms with Gasteiger partial charge in [0.25, 0.3) is 0 Å². The summed E-state index contributed by atoms with van der Waals surface area (Å²) in [6, 6.07) is 6.19. The maximum atomic E-state index is 5.85. The predicted octanol–water partition coefficient (Wildman–Crippen LogP) is 2.58. The van der Waals surface area contributed by atoms with E-state index in [1.54, 1.807) is 0 Å². The van der Waals surface area contributed by atoms with Gasteiger partial charge >= 0.3 is 0 Å². The number of morpholine rings is 1. The van der Waals surface area contributed by atoms with E-state index in [0.29, 0.717) is 18.8 Å². The highest BCUT2D eigenvalue weighted by Crippen LogP contribution is 2.35. The number of benzene rings is 1. The van der Waals surface area contributed by atoms with Gasteiger partial charge in [-0.2, -0.15) is 0 Å². The molecule has 0 amide bonds. The van der Waals surface area contributed by atoms with Crippen molar-refractivity contribution in [3.8, 4) is 11.5 Å². The van der Waals surface area contributed by atoms with Crippen molar-refractivity contribution in [3.05, 3.63) is 23.8 Å². The number of para-hydroxylation sites is 1. The molecular formula is C20H30N2O3. The van der Waals surface area contributed by atoms with Crippen LogP contribution in [0.1, 0.15) is 37.7 Å². The molecule has 4 rings (SSSR count). The Kier molecular flexibility index (Phi) is 5.44. The average molecular weight is 346 g/mol. The molecule has 1 N–H and O–H groups in total. The first-order valence-corrected chi connectivity index (χ1v) is 9.78. The first-order chi connectivity index (χ1) is 12.4. The first-order valence-electron chi connectivity index (χ1n) is 9.78. The van der Waals surface area contributed by atoms with Crippen molar-refractivity contribution in [2.24, 2.45) is 0 Å². The minimum atomic E-state index is 0.300. The highest BCUT2D eigenvalue weighted by atomic mass is 16.6. The van der Waals surface area contributed by atoms with Crippen LogP contribution in [-0.4, -0.2) is 56.5 Å². The molecule has 2 aliphatic heterocycles. The lowest BCUT2D eigenvalue weighted by Gasteiger charge is -2.48. The van der Waals surface area contributed by atoms with E-state index in [2.05, 4.69) is 22.3 Å². The van der Waals surface area contributed by atoms with E-state index in [0.717, 1.165) is 50.9 Å². The number of nitrogens with one attached hydrogen (secondary N) is 1. The Morgan fingerprint density at radius 3 is 2.60 bits per heavy atom. The second-order valence-electron chi connectivity index (χ2n) is 7.43. The van der Waals surface area contributed by atoms with Crippen LogP contribution in [0.2, 0.25) is 0 Å². The molecule has 1 aromatic carbocycles. The Labute approximate surface area is 150 Å². The molecule has 3 aliphatic rings. The molecule has 0 spiro atoms. The predicted molar refractivity (Wildman–Crippen MR) is 97.3 cm³/mol. The van der Waals surface area contributed by atoms with Crippen LogP contribution in [0.15, 0.2) is 18.2 Å². The number of hydrogen-bond donors (Lipinski definition) is 1. The molecule has 1 saturated heterocycles. The monoisotopic (exact) mass is 346 g/mol.